The minimum Gasteiger partial charge on any atom is -0.368 e. The molecule has 1 aliphatic heterocycles. The average molecular weight is 252 g/mol. The van der Waals surface area contributed by atoms with Gasteiger partial charge in [-0.15, -0.1) is 0 Å². The zero-order valence-corrected chi connectivity index (χ0v) is 11.2. The lowest BCUT2D eigenvalue weighted by molar-refractivity contribution is 0.313. The van der Waals surface area contributed by atoms with Gasteiger partial charge in [-0.05, 0) is 42.9 Å². The number of hydrogen-bond donors (Lipinski definition) is 0. The summed E-state index contributed by atoms with van der Waals surface area (Å²) in [6.45, 7) is 4.40. The lowest BCUT2D eigenvalue weighted by atomic mass is 10.0. The number of pyridine rings is 1. The lowest BCUT2D eigenvalue weighted by Gasteiger charge is -2.35. The fraction of sp³-hybridized carbons (Fsp3) is 0.312. The first-order valence-corrected chi connectivity index (χ1v) is 6.68. The molecule has 2 heterocycles. The third-order valence-electron chi connectivity index (χ3n) is 3.68. The molecule has 97 valence electrons. The second kappa shape index (κ2) is 5.41. The summed E-state index contributed by atoms with van der Waals surface area (Å²) in [6.07, 6.45) is 3.69. The van der Waals surface area contributed by atoms with Crippen LogP contribution in [-0.2, 0) is 0 Å². The molecule has 3 rings (SSSR count). The maximum Gasteiger partial charge on any atom is 0.0447 e. The molecular formula is C16H18N3. The molecular weight excluding hydrogens is 234 g/mol. The van der Waals surface area contributed by atoms with Gasteiger partial charge in [-0.25, -0.2) is 0 Å². The summed E-state index contributed by atoms with van der Waals surface area (Å²) in [4.78, 5) is 8.93. The number of piperazine rings is 1. The fourth-order valence-electron chi connectivity index (χ4n) is 2.51. The van der Waals surface area contributed by atoms with Gasteiger partial charge >= 0.3 is 0 Å². The van der Waals surface area contributed by atoms with Gasteiger partial charge < -0.3 is 9.80 Å². The molecule has 0 saturated carbocycles. The van der Waals surface area contributed by atoms with Crippen LogP contribution in [0.25, 0.3) is 11.1 Å². The van der Waals surface area contributed by atoms with Crippen LogP contribution in [0.3, 0.4) is 0 Å². The smallest absolute Gasteiger partial charge is 0.0447 e. The fourth-order valence-corrected chi connectivity index (χ4v) is 2.51. The molecule has 0 unspecified atom stereocenters. The largest absolute Gasteiger partial charge is 0.368 e. The maximum atomic E-state index is 4.09. The van der Waals surface area contributed by atoms with E-state index in [1.807, 2.05) is 18.5 Å². The normalized spacial score (nSPS) is 16.6. The third kappa shape index (κ3) is 2.61. The van der Waals surface area contributed by atoms with Crippen molar-refractivity contribution in [3.05, 3.63) is 48.8 Å². The molecule has 3 nitrogen and oxygen atoms in total. The highest BCUT2D eigenvalue weighted by molar-refractivity contribution is 5.78. The Morgan fingerprint density at radius 1 is 1.05 bits per heavy atom. The van der Waals surface area contributed by atoms with Crippen LogP contribution in [0.5, 0.6) is 0 Å². The Labute approximate surface area is 114 Å². The zero-order chi connectivity index (χ0) is 13.1. The van der Waals surface area contributed by atoms with E-state index in [1.165, 1.54) is 16.8 Å². The molecule has 0 atom stereocenters. The van der Waals surface area contributed by atoms with Crippen LogP contribution in [-0.4, -0.2) is 43.1 Å². The van der Waals surface area contributed by atoms with Crippen molar-refractivity contribution in [3.63, 3.8) is 0 Å². The first-order valence-electron chi connectivity index (χ1n) is 6.68. The Hall–Kier alpha value is -1.87. The molecule has 1 saturated heterocycles. The van der Waals surface area contributed by atoms with Gasteiger partial charge in [0.15, 0.2) is 0 Å². The monoisotopic (exact) mass is 252 g/mol. The van der Waals surface area contributed by atoms with Gasteiger partial charge in [-0.3, -0.25) is 4.98 Å². The van der Waals surface area contributed by atoms with Crippen LogP contribution in [0.15, 0.2) is 42.7 Å². The summed E-state index contributed by atoms with van der Waals surface area (Å²) in [5.74, 6) is 0. The Kier molecular flexibility index (Phi) is 3.47. The number of anilines is 1. The van der Waals surface area contributed by atoms with Crippen LogP contribution >= 0.6 is 0 Å². The highest BCUT2D eigenvalue weighted by Crippen LogP contribution is 2.30. The van der Waals surface area contributed by atoms with E-state index < -0.39 is 0 Å². The number of aromatic nitrogens is 1. The van der Waals surface area contributed by atoms with Gasteiger partial charge in [0.1, 0.15) is 0 Å². The highest BCUT2D eigenvalue weighted by Gasteiger charge is 2.17. The zero-order valence-electron chi connectivity index (χ0n) is 11.2. The second-order valence-electron chi connectivity index (χ2n) is 4.97. The van der Waals surface area contributed by atoms with Crippen molar-refractivity contribution in [1.29, 1.82) is 0 Å². The highest BCUT2D eigenvalue weighted by atomic mass is 15.2. The number of benzene rings is 1. The van der Waals surface area contributed by atoms with Gasteiger partial charge in [-0.2, -0.15) is 0 Å². The summed E-state index contributed by atoms with van der Waals surface area (Å²) in [7, 11) is 2.18. The SMILES string of the molecule is CN1CCN(c2cc[c]cc2-c2ccncc2)CC1. The molecule has 1 fully saturated rings. The Morgan fingerprint density at radius 3 is 2.53 bits per heavy atom. The van der Waals surface area contributed by atoms with Crippen LogP contribution in [0.4, 0.5) is 5.69 Å². The minimum absolute atomic E-state index is 1.08. The minimum atomic E-state index is 1.08. The Morgan fingerprint density at radius 2 is 1.79 bits per heavy atom. The van der Waals surface area contributed by atoms with Crippen molar-refractivity contribution in [2.24, 2.45) is 0 Å². The number of likely N-dealkylation sites (N-methyl/N-ethyl adjacent to an activating group) is 1. The molecule has 19 heavy (non-hydrogen) atoms. The maximum absolute atomic E-state index is 4.09. The average Bonchev–Trinajstić information content (AvgIpc) is 2.49. The molecule has 3 heteroatoms. The van der Waals surface area contributed by atoms with Gasteiger partial charge in [0.05, 0.1) is 0 Å². The summed E-state index contributed by atoms with van der Waals surface area (Å²) >= 11 is 0. The van der Waals surface area contributed by atoms with E-state index in [-0.39, 0.29) is 0 Å². The van der Waals surface area contributed by atoms with Crippen molar-refractivity contribution in [1.82, 2.24) is 9.88 Å². The van der Waals surface area contributed by atoms with Crippen molar-refractivity contribution in [2.45, 2.75) is 0 Å². The first kappa shape index (κ1) is 12.2. The lowest BCUT2D eigenvalue weighted by Crippen LogP contribution is -2.44. The van der Waals surface area contributed by atoms with Crippen molar-refractivity contribution in [3.8, 4) is 11.1 Å². The summed E-state index contributed by atoms with van der Waals surface area (Å²) < 4.78 is 0. The van der Waals surface area contributed by atoms with E-state index in [9.17, 15) is 0 Å². The first-order chi connectivity index (χ1) is 9.34. The molecule has 0 spiro atoms. The molecule has 2 aromatic rings. The van der Waals surface area contributed by atoms with Crippen LogP contribution in [0.2, 0.25) is 0 Å². The molecule has 1 aromatic heterocycles. The molecule has 0 aliphatic carbocycles. The molecule has 1 aliphatic rings. The predicted molar refractivity (Wildman–Crippen MR) is 78.2 cm³/mol. The Balaban J connectivity index is 1.94. The summed E-state index contributed by atoms with van der Waals surface area (Å²) in [5, 5.41) is 0. The van der Waals surface area contributed by atoms with Crippen LogP contribution in [0.1, 0.15) is 0 Å². The van der Waals surface area contributed by atoms with Gasteiger partial charge in [0, 0.05) is 49.8 Å². The van der Waals surface area contributed by atoms with E-state index in [4.69, 9.17) is 0 Å². The molecule has 1 radical (unpaired) electrons. The van der Waals surface area contributed by atoms with Crippen molar-refractivity contribution < 1.29 is 0 Å². The van der Waals surface area contributed by atoms with Crippen LogP contribution < -0.4 is 4.90 Å². The number of nitrogens with zero attached hydrogens (tertiary/aromatic N) is 3. The Bertz CT molecular complexity index is 531. The molecule has 0 amide bonds. The van der Waals surface area contributed by atoms with E-state index in [0.717, 1.165) is 26.2 Å². The summed E-state index contributed by atoms with van der Waals surface area (Å²) in [6, 6.07) is 13.5. The van der Waals surface area contributed by atoms with Gasteiger partial charge in [-0.1, -0.05) is 6.07 Å². The van der Waals surface area contributed by atoms with E-state index >= 15 is 0 Å². The second-order valence-corrected chi connectivity index (χ2v) is 4.97. The van der Waals surface area contributed by atoms with Gasteiger partial charge in [0.2, 0.25) is 0 Å². The van der Waals surface area contributed by atoms with Gasteiger partial charge in [0.25, 0.3) is 0 Å². The van der Waals surface area contributed by atoms with Crippen molar-refractivity contribution >= 4 is 5.69 Å². The summed E-state index contributed by atoms with van der Waals surface area (Å²) in [5.41, 5.74) is 3.76. The number of hydrogen-bond acceptors (Lipinski definition) is 3. The van der Waals surface area contributed by atoms with E-state index in [1.54, 1.807) is 0 Å². The molecule has 0 bridgehead atoms. The predicted octanol–water partition coefficient (Wildman–Crippen LogP) is 2.30. The molecule has 1 aromatic carbocycles. The van der Waals surface area contributed by atoms with Crippen LogP contribution in [0, 0.1) is 6.07 Å². The van der Waals surface area contributed by atoms with Crippen molar-refractivity contribution in [2.75, 3.05) is 38.1 Å². The topological polar surface area (TPSA) is 19.4 Å². The third-order valence-corrected chi connectivity index (χ3v) is 3.68. The quantitative estimate of drug-likeness (QED) is 0.817. The van der Waals surface area contributed by atoms with E-state index in [0.29, 0.717) is 0 Å². The standard InChI is InChI=1S/C16H18N3/c1-18-10-12-19(13-11-18)16-5-3-2-4-15(16)14-6-8-17-9-7-14/h3-9H,10-13H2,1H3. The number of rotatable bonds is 2. The van der Waals surface area contributed by atoms with E-state index in [2.05, 4.69) is 52.2 Å². The molecule has 0 N–H and O–H groups in total.